The van der Waals surface area contributed by atoms with Gasteiger partial charge in [-0.1, -0.05) is 23.8 Å². The first-order valence-electron chi connectivity index (χ1n) is 15.4. The Morgan fingerprint density at radius 3 is 2.21 bits per heavy atom. The molecule has 0 saturated carbocycles. The van der Waals surface area contributed by atoms with E-state index in [0.29, 0.717) is 41.6 Å². The molecule has 1 saturated heterocycles. The Morgan fingerprint density at radius 2 is 1.55 bits per heavy atom. The molecule has 47 heavy (non-hydrogen) atoms. The highest BCUT2D eigenvalue weighted by Crippen LogP contribution is 2.39. The van der Waals surface area contributed by atoms with Gasteiger partial charge in [0.1, 0.15) is 17.3 Å². The van der Waals surface area contributed by atoms with Crippen molar-refractivity contribution < 1.29 is 23.7 Å². The first-order chi connectivity index (χ1) is 22.8. The molecule has 2 aliphatic rings. The number of hydrogen-bond donors (Lipinski definition) is 1. The van der Waals surface area contributed by atoms with Crippen molar-refractivity contribution >= 4 is 34.8 Å². The summed E-state index contributed by atoms with van der Waals surface area (Å²) in [5, 5.41) is 0. The van der Waals surface area contributed by atoms with Crippen molar-refractivity contribution in [2.24, 2.45) is 4.99 Å². The van der Waals surface area contributed by atoms with Crippen LogP contribution in [0.4, 0.5) is 23.1 Å². The normalized spacial score (nSPS) is 15.6. The van der Waals surface area contributed by atoms with E-state index in [1.54, 1.807) is 39.5 Å². The Balaban J connectivity index is 1.20. The van der Waals surface area contributed by atoms with Gasteiger partial charge in [-0.2, -0.15) is 4.98 Å². The Bertz CT molecular complexity index is 1800. The molecule has 0 unspecified atom stereocenters. The lowest BCUT2D eigenvalue weighted by Gasteiger charge is -2.38. The van der Waals surface area contributed by atoms with Crippen LogP contribution in [0.15, 0.2) is 65.8 Å². The summed E-state index contributed by atoms with van der Waals surface area (Å²) in [6.45, 7) is 5.67. The van der Waals surface area contributed by atoms with Gasteiger partial charge in [0.2, 0.25) is 5.75 Å². The monoisotopic (exact) mass is 637 g/mol. The molecule has 244 valence electrons. The molecule has 6 rings (SSSR count). The van der Waals surface area contributed by atoms with E-state index in [1.807, 2.05) is 55.5 Å². The van der Waals surface area contributed by atoms with Crippen molar-refractivity contribution in [3.8, 4) is 23.0 Å². The predicted octanol–water partition coefficient (Wildman–Crippen LogP) is 4.24. The molecule has 1 fully saturated rings. The van der Waals surface area contributed by atoms with Gasteiger partial charge in [0.25, 0.3) is 11.9 Å². The number of para-hydroxylation sites is 2. The zero-order chi connectivity index (χ0) is 33.1. The summed E-state index contributed by atoms with van der Waals surface area (Å²) >= 11 is 0. The summed E-state index contributed by atoms with van der Waals surface area (Å²) in [7, 11) is 6.39. The summed E-state index contributed by atoms with van der Waals surface area (Å²) in [4.78, 5) is 33.9. The van der Waals surface area contributed by atoms with Crippen LogP contribution in [0.5, 0.6) is 23.0 Å². The largest absolute Gasteiger partial charge is 0.495 e. The summed E-state index contributed by atoms with van der Waals surface area (Å²) in [6, 6.07) is 17.7. The highest BCUT2D eigenvalue weighted by molar-refractivity contribution is 6.54. The van der Waals surface area contributed by atoms with Gasteiger partial charge in [-0.15, -0.1) is 0 Å². The number of hydrogen-bond acceptors (Lipinski definition) is 11. The number of nitrogen functional groups attached to an aromatic ring is 1. The molecule has 0 aliphatic carbocycles. The van der Waals surface area contributed by atoms with E-state index in [4.69, 9.17) is 24.7 Å². The fourth-order valence-corrected chi connectivity index (χ4v) is 6.05. The van der Waals surface area contributed by atoms with Crippen molar-refractivity contribution in [3.05, 3.63) is 83.0 Å². The van der Waals surface area contributed by atoms with E-state index in [2.05, 4.69) is 30.8 Å². The molecular weight excluding hydrogens is 598 g/mol. The van der Waals surface area contributed by atoms with E-state index in [-0.39, 0.29) is 17.7 Å². The molecule has 2 N–H and O–H groups in total. The van der Waals surface area contributed by atoms with E-state index < -0.39 is 0 Å². The number of carbonyl (C=O) groups is 1. The van der Waals surface area contributed by atoms with Crippen molar-refractivity contribution in [1.29, 1.82) is 0 Å². The van der Waals surface area contributed by atoms with E-state index >= 15 is 0 Å². The summed E-state index contributed by atoms with van der Waals surface area (Å²) in [5.41, 5.74) is 12.0. The SMILES string of the molecule is COc1ccccc1N1CCN(CN2C(=O)/C(=N\c3ncc(Cc4cc(OC)c(OC)c(OC)c4)c(N)n3)c3cc(C)ccc32)CC1. The molecule has 0 radical (unpaired) electrons. The van der Waals surface area contributed by atoms with Gasteiger partial charge in [0, 0.05) is 49.9 Å². The van der Waals surface area contributed by atoms with Crippen LogP contribution in [0.25, 0.3) is 0 Å². The fourth-order valence-electron chi connectivity index (χ4n) is 6.05. The Labute approximate surface area is 274 Å². The van der Waals surface area contributed by atoms with E-state index in [1.165, 1.54) is 0 Å². The minimum atomic E-state index is -0.193. The number of benzene rings is 3. The van der Waals surface area contributed by atoms with Crippen molar-refractivity contribution in [2.45, 2.75) is 13.3 Å². The average molecular weight is 638 g/mol. The number of methoxy groups -OCH3 is 4. The number of aliphatic imine (C=N–C) groups is 1. The molecule has 4 aromatic rings. The number of ether oxygens (including phenoxy) is 4. The first-order valence-corrected chi connectivity index (χ1v) is 15.4. The molecule has 3 aromatic carbocycles. The number of nitrogens with two attached hydrogens (primary N) is 1. The van der Waals surface area contributed by atoms with Crippen LogP contribution in [0, 0.1) is 6.92 Å². The maximum absolute atomic E-state index is 13.9. The Hall–Kier alpha value is -5.36. The van der Waals surface area contributed by atoms with Crippen molar-refractivity contribution in [2.75, 3.05) is 76.8 Å². The van der Waals surface area contributed by atoms with E-state index in [9.17, 15) is 4.79 Å². The molecular formula is C35H39N7O5. The predicted molar refractivity (Wildman–Crippen MR) is 182 cm³/mol. The highest BCUT2D eigenvalue weighted by atomic mass is 16.5. The molecule has 1 aromatic heterocycles. The van der Waals surface area contributed by atoms with Crippen molar-refractivity contribution in [3.63, 3.8) is 0 Å². The van der Waals surface area contributed by atoms with Gasteiger partial charge >= 0.3 is 0 Å². The number of aromatic nitrogens is 2. The third-order valence-electron chi connectivity index (χ3n) is 8.50. The lowest BCUT2D eigenvalue weighted by atomic mass is 10.1. The van der Waals surface area contributed by atoms with Crippen LogP contribution in [-0.4, -0.2) is 87.8 Å². The lowest BCUT2D eigenvalue weighted by Crippen LogP contribution is -2.51. The van der Waals surface area contributed by atoms with E-state index in [0.717, 1.165) is 60.0 Å². The molecule has 0 bridgehead atoms. The van der Waals surface area contributed by atoms with Crippen LogP contribution < -0.4 is 34.5 Å². The standard InChI is InChI=1S/C35H39N7O5/c1-22-10-11-26-25(16-22)31(34(43)42(26)21-40-12-14-41(15-13-40)27-8-6-7-9-28(27)44-2)38-35-37-20-24(33(36)39-35)17-23-18-29(45-3)32(47-5)30(19-23)46-4/h6-11,16,18-20H,12-15,17,21H2,1-5H3,(H2,36,37,39)/b38-31-. The van der Waals surface area contributed by atoms with Gasteiger partial charge < -0.3 is 29.6 Å². The highest BCUT2D eigenvalue weighted by Gasteiger charge is 2.36. The fraction of sp³-hybridized carbons (Fsp3) is 0.314. The number of anilines is 3. The maximum atomic E-state index is 13.9. The zero-order valence-electron chi connectivity index (χ0n) is 27.3. The molecule has 0 spiro atoms. The maximum Gasteiger partial charge on any atom is 0.278 e. The summed E-state index contributed by atoms with van der Waals surface area (Å²) in [6.07, 6.45) is 2.07. The minimum Gasteiger partial charge on any atom is -0.495 e. The smallest absolute Gasteiger partial charge is 0.278 e. The van der Waals surface area contributed by atoms with Crippen LogP contribution >= 0.6 is 0 Å². The second kappa shape index (κ2) is 13.6. The minimum absolute atomic E-state index is 0.124. The third-order valence-corrected chi connectivity index (χ3v) is 8.50. The Kier molecular flexibility index (Phi) is 9.12. The quantitative estimate of drug-likeness (QED) is 0.270. The molecule has 0 atom stereocenters. The van der Waals surface area contributed by atoms with Gasteiger partial charge in [0.15, 0.2) is 11.5 Å². The lowest BCUT2D eigenvalue weighted by molar-refractivity contribution is -0.112. The van der Waals surface area contributed by atoms with Gasteiger partial charge in [-0.05, 0) is 48.9 Å². The topological polar surface area (TPSA) is 128 Å². The number of piperazine rings is 1. The molecule has 3 heterocycles. The van der Waals surface area contributed by atoms with Crippen molar-refractivity contribution in [1.82, 2.24) is 14.9 Å². The Morgan fingerprint density at radius 1 is 0.851 bits per heavy atom. The third kappa shape index (κ3) is 6.36. The molecule has 12 nitrogen and oxygen atoms in total. The number of rotatable bonds is 10. The molecule has 1 amide bonds. The van der Waals surface area contributed by atoms with Crippen LogP contribution in [0.2, 0.25) is 0 Å². The number of nitrogens with zero attached hydrogens (tertiary/aromatic N) is 6. The first kappa shape index (κ1) is 31.6. The molecule has 2 aliphatic heterocycles. The second-order valence-corrected chi connectivity index (χ2v) is 11.4. The van der Waals surface area contributed by atoms with Crippen LogP contribution in [-0.2, 0) is 11.2 Å². The van der Waals surface area contributed by atoms with Gasteiger partial charge in [-0.25, -0.2) is 9.98 Å². The number of fused-ring (bicyclic) bond motifs is 1. The summed E-state index contributed by atoms with van der Waals surface area (Å²) in [5.74, 6) is 2.66. The second-order valence-electron chi connectivity index (χ2n) is 11.4. The average Bonchev–Trinajstić information content (AvgIpc) is 3.34. The van der Waals surface area contributed by atoms with Gasteiger partial charge in [-0.3, -0.25) is 14.6 Å². The zero-order valence-corrected chi connectivity index (χ0v) is 27.3. The summed E-state index contributed by atoms with van der Waals surface area (Å²) < 4.78 is 22.0. The number of aryl methyl sites for hydroxylation is 1. The van der Waals surface area contributed by atoms with Crippen LogP contribution in [0.1, 0.15) is 22.3 Å². The van der Waals surface area contributed by atoms with Crippen LogP contribution in [0.3, 0.4) is 0 Å². The van der Waals surface area contributed by atoms with Gasteiger partial charge in [0.05, 0.1) is 46.5 Å². The number of amides is 1. The number of carbonyl (C=O) groups excluding carboxylic acids is 1. The molecule has 12 heteroatoms.